The standard InChI is InChI=1S/C21H40N4O2.HI/c1-3-24-12-7-18(8-13-24)6-11-23-21(22-2)25-14-9-19(10-15-25)27-17-20-5-4-16-26-20;/h18-20H,3-17H2,1-2H3,(H,22,23);1H. The number of ether oxygens (including phenoxy) is 2. The number of nitrogens with zero attached hydrogens (tertiary/aromatic N) is 3. The number of nitrogens with one attached hydrogen (secondary N) is 1. The fourth-order valence-corrected chi connectivity index (χ4v) is 4.57. The molecule has 0 amide bonds. The van der Waals surface area contributed by atoms with Gasteiger partial charge in [-0.05, 0) is 70.5 Å². The first-order chi connectivity index (χ1) is 13.3. The highest BCUT2D eigenvalue weighted by Crippen LogP contribution is 2.20. The fraction of sp³-hybridized carbons (Fsp3) is 0.952. The third-order valence-electron chi connectivity index (χ3n) is 6.49. The Balaban J connectivity index is 0.00000280. The molecule has 0 aromatic heterocycles. The predicted molar refractivity (Wildman–Crippen MR) is 126 cm³/mol. The van der Waals surface area contributed by atoms with Gasteiger partial charge in [0.05, 0.1) is 18.8 Å². The summed E-state index contributed by atoms with van der Waals surface area (Å²) in [5.74, 6) is 1.94. The lowest BCUT2D eigenvalue weighted by Crippen LogP contribution is -2.47. The molecule has 0 aliphatic carbocycles. The molecule has 0 aromatic carbocycles. The van der Waals surface area contributed by atoms with Crippen LogP contribution in [0.2, 0.25) is 0 Å². The van der Waals surface area contributed by atoms with Crippen LogP contribution >= 0.6 is 24.0 Å². The molecule has 1 atom stereocenters. The second-order valence-corrected chi connectivity index (χ2v) is 8.30. The number of rotatable bonds is 7. The second-order valence-electron chi connectivity index (χ2n) is 8.30. The molecule has 28 heavy (non-hydrogen) atoms. The van der Waals surface area contributed by atoms with E-state index in [2.05, 4.69) is 27.0 Å². The van der Waals surface area contributed by atoms with Crippen LogP contribution in [0.25, 0.3) is 0 Å². The molecule has 0 radical (unpaired) electrons. The maximum absolute atomic E-state index is 6.09. The summed E-state index contributed by atoms with van der Waals surface area (Å²) in [7, 11) is 1.90. The zero-order chi connectivity index (χ0) is 18.9. The van der Waals surface area contributed by atoms with Gasteiger partial charge in [0, 0.05) is 33.3 Å². The van der Waals surface area contributed by atoms with Crippen molar-refractivity contribution in [3.63, 3.8) is 0 Å². The molecule has 1 unspecified atom stereocenters. The maximum Gasteiger partial charge on any atom is 0.193 e. The van der Waals surface area contributed by atoms with Crippen molar-refractivity contribution in [1.82, 2.24) is 15.1 Å². The van der Waals surface area contributed by atoms with Crippen LogP contribution in [-0.2, 0) is 9.47 Å². The molecule has 3 aliphatic heterocycles. The zero-order valence-electron chi connectivity index (χ0n) is 17.9. The van der Waals surface area contributed by atoms with Crippen LogP contribution in [0.3, 0.4) is 0 Å². The first kappa shape index (κ1) is 24.2. The van der Waals surface area contributed by atoms with Crippen molar-refractivity contribution in [3.05, 3.63) is 0 Å². The third-order valence-corrected chi connectivity index (χ3v) is 6.49. The Labute approximate surface area is 188 Å². The van der Waals surface area contributed by atoms with Crippen LogP contribution in [0, 0.1) is 5.92 Å². The Kier molecular flexibility index (Phi) is 11.4. The molecule has 3 rings (SSSR count). The largest absolute Gasteiger partial charge is 0.376 e. The predicted octanol–water partition coefficient (Wildman–Crippen LogP) is 2.96. The number of guanidine groups is 1. The van der Waals surface area contributed by atoms with Gasteiger partial charge < -0.3 is 24.6 Å². The minimum Gasteiger partial charge on any atom is -0.376 e. The van der Waals surface area contributed by atoms with Crippen molar-refractivity contribution >= 4 is 29.9 Å². The molecule has 6 nitrogen and oxygen atoms in total. The highest BCUT2D eigenvalue weighted by Gasteiger charge is 2.24. The van der Waals surface area contributed by atoms with E-state index in [0.717, 1.165) is 64.0 Å². The molecular weight excluding hydrogens is 467 g/mol. The summed E-state index contributed by atoms with van der Waals surface area (Å²) >= 11 is 0. The van der Waals surface area contributed by atoms with Crippen molar-refractivity contribution in [3.8, 4) is 0 Å². The van der Waals surface area contributed by atoms with E-state index in [0.29, 0.717) is 12.2 Å². The molecule has 3 saturated heterocycles. The Hall–Kier alpha value is -0.120. The lowest BCUT2D eigenvalue weighted by molar-refractivity contribution is -0.0367. The van der Waals surface area contributed by atoms with Crippen LogP contribution in [0.1, 0.15) is 51.9 Å². The summed E-state index contributed by atoms with van der Waals surface area (Å²) < 4.78 is 11.8. The van der Waals surface area contributed by atoms with E-state index >= 15 is 0 Å². The molecular formula is C21H41IN4O2. The van der Waals surface area contributed by atoms with E-state index in [9.17, 15) is 0 Å². The molecule has 1 N–H and O–H groups in total. The first-order valence-corrected chi connectivity index (χ1v) is 11.2. The lowest BCUT2D eigenvalue weighted by atomic mass is 9.93. The number of piperidine rings is 2. The van der Waals surface area contributed by atoms with E-state index < -0.39 is 0 Å². The number of hydrogen-bond donors (Lipinski definition) is 1. The minimum absolute atomic E-state index is 0. The average molecular weight is 508 g/mol. The van der Waals surface area contributed by atoms with Gasteiger partial charge in [0.1, 0.15) is 0 Å². The molecule has 3 fully saturated rings. The van der Waals surface area contributed by atoms with Crippen LogP contribution in [-0.4, -0.2) is 87.5 Å². The van der Waals surface area contributed by atoms with Crippen molar-refractivity contribution in [1.29, 1.82) is 0 Å². The highest BCUT2D eigenvalue weighted by atomic mass is 127. The Bertz CT molecular complexity index is 444. The van der Waals surface area contributed by atoms with E-state index in [1.807, 2.05) is 7.05 Å². The monoisotopic (exact) mass is 508 g/mol. The summed E-state index contributed by atoms with van der Waals surface area (Å²) in [4.78, 5) is 9.47. The quantitative estimate of drug-likeness (QED) is 0.326. The number of halogens is 1. The second kappa shape index (κ2) is 13.2. The van der Waals surface area contributed by atoms with Crippen molar-refractivity contribution < 1.29 is 9.47 Å². The van der Waals surface area contributed by atoms with Gasteiger partial charge in [-0.15, -0.1) is 24.0 Å². The summed E-state index contributed by atoms with van der Waals surface area (Å²) in [6, 6.07) is 0. The molecule has 3 heterocycles. The molecule has 0 spiro atoms. The van der Waals surface area contributed by atoms with Gasteiger partial charge in [0.2, 0.25) is 0 Å². The SMILES string of the molecule is CCN1CCC(CCNC(=NC)N2CCC(OCC3CCCO3)CC2)CC1.I. The van der Waals surface area contributed by atoms with Crippen LogP contribution < -0.4 is 5.32 Å². The summed E-state index contributed by atoms with van der Waals surface area (Å²) in [6.07, 6.45) is 9.19. The molecule has 164 valence electrons. The Morgan fingerprint density at radius 3 is 2.46 bits per heavy atom. The van der Waals surface area contributed by atoms with E-state index in [4.69, 9.17) is 9.47 Å². The van der Waals surface area contributed by atoms with Crippen LogP contribution in [0.4, 0.5) is 0 Å². The van der Waals surface area contributed by atoms with E-state index in [1.54, 1.807) is 0 Å². The molecule has 0 aromatic rings. The minimum atomic E-state index is 0. The topological polar surface area (TPSA) is 49.3 Å². The molecule has 7 heteroatoms. The van der Waals surface area contributed by atoms with Gasteiger partial charge >= 0.3 is 0 Å². The molecule has 0 bridgehead atoms. The van der Waals surface area contributed by atoms with Gasteiger partial charge in [-0.3, -0.25) is 4.99 Å². The smallest absolute Gasteiger partial charge is 0.193 e. The van der Waals surface area contributed by atoms with Gasteiger partial charge in [0.25, 0.3) is 0 Å². The number of aliphatic imine (C=N–C) groups is 1. The summed E-state index contributed by atoms with van der Waals surface area (Å²) in [5.41, 5.74) is 0. The molecule has 0 saturated carbocycles. The number of likely N-dealkylation sites (tertiary alicyclic amines) is 2. The van der Waals surface area contributed by atoms with Gasteiger partial charge in [0.15, 0.2) is 5.96 Å². The third kappa shape index (κ3) is 7.61. The first-order valence-electron chi connectivity index (χ1n) is 11.2. The number of hydrogen-bond acceptors (Lipinski definition) is 4. The van der Waals surface area contributed by atoms with Crippen molar-refractivity contribution in [2.75, 3.05) is 59.5 Å². The summed E-state index contributed by atoms with van der Waals surface area (Å²) in [5, 5.41) is 3.60. The lowest BCUT2D eigenvalue weighted by Gasteiger charge is -2.35. The highest BCUT2D eigenvalue weighted by molar-refractivity contribution is 14.0. The Morgan fingerprint density at radius 1 is 1.11 bits per heavy atom. The van der Waals surface area contributed by atoms with E-state index in [-0.39, 0.29) is 24.0 Å². The molecule has 3 aliphatic rings. The van der Waals surface area contributed by atoms with Crippen LogP contribution in [0.15, 0.2) is 4.99 Å². The van der Waals surface area contributed by atoms with Crippen molar-refractivity contribution in [2.24, 2.45) is 10.9 Å². The summed E-state index contributed by atoms with van der Waals surface area (Å²) in [6.45, 7) is 10.8. The Morgan fingerprint density at radius 2 is 1.86 bits per heavy atom. The zero-order valence-corrected chi connectivity index (χ0v) is 20.2. The van der Waals surface area contributed by atoms with Crippen molar-refractivity contribution in [2.45, 2.75) is 64.1 Å². The van der Waals surface area contributed by atoms with E-state index in [1.165, 1.54) is 45.3 Å². The van der Waals surface area contributed by atoms with Gasteiger partial charge in [-0.25, -0.2) is 0 Å². The maximum atomic E-state index is 6.09. The average Bonchev–Trinajstić information content (AvgIpc) is 3.24. The van der Waals surface area contributed by atoms with Gasteiger partial charge in [-0.1, -0.05) is 6.92 Å². The van der Waals surface area contributed by atoms with Gasteiger partial charge in [-0.2, -0.15) is 0 Å². The normalized spacial score (nSPS) is 25.7. The fourth-order valence-electron chi connectivity index (χ4n) is 4.57. The van der Waals surface area contributed by atoms with Crippen LogP contribution in [0.5, 0.6) is 0 Å².